The van der Waals surface area contributed by atoms with Gasteiger partial charge in [-0.1, -0.05) is 18.2 Å². The minimum atomic E-state index is -0.500. The van der Waals surface area contributed by atoms with Crippen LogP contribution in [-0.2, 0) is 10.6 Å². The largest absolute Gasteiger partial charge is 0.444 e. The van der Waals surface area contributed by atoms with E-state index in [-0.39, 0.29) is 0 Å². The highest BCUT2D eigenvalue weighted by Gasteiger charge is 2.16. The number of alkyl halides is 1. The van der Waals surface area contributed by atoms with E-state index in [0.717, 1.165) is 5.56 Å². The molecule has 0 saturated heterocycles. The van der Waals surface area contributed by atoms with Gasteiger partial charge in [-0.15, -0.1) is 11.6 Å². The first kappa shape index (κ1) is 12.8. The monoisotopic (exact) mass is 241 g/mol. The molecule has 0 aliphatic heterocycles. The van der Waals surface area contributed by atoms with Crippen LogP contribution in [0.15, 0.2) is 24.3 Å². The second-order valence-electron chi connectivity index (χ2n) is 4.42. The van der Waals surface area contributed by atoms with Crippen LogP contribution >= 0.6 is 11.6 Å². The smallest absolute Gasteiger partial charge is 0.412 e. The van der Waals surface area contributed by atoms with Crippen LogP contribution in [0, 0.1) is 0 Å². The van der Waals surface area contributed by atoms with Crippen LogP contribution in [0.3, 0.4) is 0 Å². The lowest BCUT2D eigenvalue weighted by atomic mass is 10.2. The standard InChI is InChI=1S/C12H16ClNO2/c1-12(2,3)16-11(15)14-10-7-5-4-6-9(10)8-13/h4-7H,8H2,1-3H3,(H,14,15). The van der Waals surface area contributed by atoms with Gasteiger partial charge in [0.2, 0.25) is 0 Å². The van der Waals surface area contributed by atoms with Crippen molar-refractivity contribution < 1.29 is 9.53 Å². The summed E-state index contributed by atoms with van der Waals surface area (Å²) in [4.78, 5) is 11.5. The van der Waals surface area contributed by atoms with Crippen molar-refractivity contribution in [2.75, 3.05) is 5.32 Å². The average molecular weight is 242 g/mol. The van der Waals surface area contributed by atoms with Gasteiger partial charge in [-0.25, -0.2) is 4.79 Å². The Hall–Kier alpha value is -1.22. The molecule has 1 amide bonds. The van der Waals surface area contributed by atoms with E-state index in [1.807, 2.05) is 39.0 Å². The van der Waals surface area contributed by atoms with Crippen molar-refractivity contribution in [2.24, 2.45) is 0 Å². The van der Waals surface area contributed by atoms with Crippen LogP contribution in [0.25, 0.3) is 0 Å². The van der Waals surface area contributed by atoms with Crippen molar-refractivity contribution >= 4 is 23.4 Å². The Kier molecular flexibility index (Phi) is 4.19. The summed E-state index contributed by atoms with van der Waals surface area (Å²) in [5, 5.41) is 2.67. The third-order valence-corrected chi connectivity index (χ3v) is 2.08. The van der Waals surface area contributed by atoms with Gasteiger partial charge in [-0.05, 0) is 32.4 Å². The molecule has 0 aliphatic carbocycles. The number of halogens is 1. The highest BCUT2D eigenvalue weighted by molar-refractivity contribution is 6.17. The quantitative estimate of drug-likeness (QED) is 0.801. The summed E-state index contributed by atoms with van der Waals surface area (Å²) in [6, 6.07) is 7.36. The van der Waals surface area contributed by atoms with Gasteiger partial charge in [0.1, 0.15) is 5.60 Å². The van der Waals surface area contributed by atoms with E-state index in [0.29, 0.717) is 11.6 Å². The SMILES string of the molecule is CC(C)(C)OC(=O)Nc1ccccc1CCl. The molecule has 88 valence electrons. The number of carbonyl (C=O) groups is 1. The Balaban J connectivity index is 2.70. The molecule has 1 rings (SSSR count). The highest BCUT2D eigenvalue weighted by atomic mass is 35.5. The van der Waals surface area contributed by atoms with E-state index >= 15 is 0 Å². The zero-order valence-electron chi connectivity index (χ0n) is 9.71. The first-order valence-electron chi connectivity index (χ1n) is 5.06. The number of rotatable bonds is 2. The van der Waals surface area contributed by atoms with E-state index < -0.39 is 11.7 Å². The van der Waals surface area contributed by atoms with E-state index in [1.54, 1.807) is 6.07 Å². The molecule has 3 nitrogen and oxygen atoms in total. The number of anilines is 1. The van der Waals surface area contributed by atoms with Gasteiger partial charge in [0.25, 0.3) is 0 Å². The number of hydrogen-bond donors (Lipinski definition) is 1. The van der Waals surface area contributed by atoms with E-state index in [1.165, 1.54) is 0 Å². The second kappa shape index (κ2) is 5.21. The first-order valence-corrected chi connectivity index (χ1v) is 5.60. The summed E-state index contributed by atoms with van der Waals surface area (Å²) in [7, 11) is 0. The van der Waals surface area contributed by atoms with Crippen molar-refractivity contribution in [3.05, 3.63) is 29.8 Å². The number of benzene rings is 1. The molecule has 0 atom stereocenters. The Labute approximate surface area is 101 Å². The maximum Gasteiger partial charge on any atom is 0.412 e. The molecule has 0 fully saturated rings. The minimum absolute atomic E-state index is 0.353. The predicted octanol–water partition coefficient (Wildman–Crippen LogP) is 3.77. The van der Waals surface area contributed by atoms with Crippen molar-refractivity contribution in [3.8, 4) is 0 Å². The topological polar surface area (TPSA) is 38.3 Å². The molecule has 1 aromatic carbocycles. The summed E-state index contributed by atoms with van der Waals surface area (Å²) >= 11 is 5.76. The molecule has 0 aromatic heterocycles. The lowest BCUT2D eigenvalue weighted by Gasteiger charge is -2.20. The predicted molar refractivity (Wildman–Crippen MR) is 65.9 cm³/mol. The lowest BCUT2D eigenvalue weighted by Crippen LogP contribution is -2.27. The van der Waals surface area contributed by atoms with Crippen LogP contribution in [0.1, 0.15) is 26.3 Å². The molecule has 0 aliphatic rings. The first-order chi connectivity index (χ1) is 7.42. The number of amides is 1. The van der Waals surface area contributed by atoms with Gasteiger partial charge < -0.3 is 4.74 Å². The van der Waals surface area contributed by atoms with Gasteiger partial charge in [0.15, 0.2) is 0 Å². The Morgan fingerprint density at radius 1 is 1.38 bits per heavy atom. The Bertz CT molecular complexity index is 372. The number of carbonyl (C=O) groups excluding carboxylic acids is 1. The van der Waals surface area contributed by atoms with Crippen LogP contribution < -0.4 is 5.32 Å². The molecule has 0 bridgehead atoms. The van der Waals surface area contributed by atoms with Gasteiger partial charge in [0.05, 0.1) is 0 Å². The fraction of sp³-hybridized carbons (Fsp3) is 0.417. The Morgan fingerprint density at radius 2 is 2.00 bits per heavy atom. The summed E-state index contributed by atoms with van der Waals surface area (Å²) in [5.41, 5.74) is 1.06. The fourth-order valence-electron chi connectivity index (χ4n) is 1.17. The van der Waals surface area contributed by atoms with Gasteiger partial charge in [0, 0.05) is 11.6 Å². The molecule has 0 unspecified atom stereocenters. The zero-order valence-corrected chi connectivity index (χ0v) is 10.5. The summed E-state index contributed by atoms with van der Waals surface area (Å²) in [6.07, 6.45) is -0.468. The normalized spacial score (nSPS) is 11.0. The number of para-hydroxylation sites is 1. The van der Waals surface area contributed by atoms with Gasteiger partial charge in [-0.2, -0.15) is 0 Å². The van der Waals surface area contributed by atoms with Crippen molar-refractivity contribution in [1.29, 1.82) is 0 Å². The van der Waals surface area contributed by atoms with Gasteiger partial charge in [-0.3, -0.25) is 5.32 Å². The molecule has 1 N–H and O–H groups in total. The summed E-state index contributed by atoms with van der Waals surface area (Å²) < 4.78 is 5.15. The third kappa shape index (κ3) is 4.11. The number of nitrogens with one attached hydrogen (secondary N) is 1. The number of ether oxygens (including phenoxy) is 1. The molecule has 0 radical (unpaired) electrons. The maximum atomic E-state index is 11.5. The van der Waals surface area contributed by atoms with Crippen molar-refractivity contribution in [3.63, 3.8) is 0 Å². The molecule has 0 saturated carbocycles. The van der Waals surface area contributed by atoms with E-state index in [4.69, 9.17) is 16.3 Å². The number of hydrogen-bond acceptors (Lipinski definition) is 2. The van der Waals surface area contributed by atoms with Crippen LogP contribution in [0.2, 0.25) is 0 Å². The summed E-state index contributed by atoms with van der Waals surface area (Å²) in [5.74, 6) is 0.353. The minimum Gasteiger partial charge on any atom is -0.444 e. The van der Waals surface area contributed by atoms with Crippen LogP contribution in [0.4, 0.5) is 10.5 Å². The molecule has 1 aromatic rings. The summed E-state index contributed by atoms with van der Waals surface area (Å²) in [6.45, 7) is 5.46. The van der Waals surface area contributed by atoms with Crippen LogP contribution in [0.5, 0.6) is 0 Å². The molecule has 4 heteroatoms. The van der Waals surface area contributed by atoms with Crippen molar-refractivity contribution in [2.45, 2.75) is 32.3 Å². The van der Waals surface area contributed by atoms with E-state index in [9.17, 15) is 4.79 Å². The molecule has 0 spiro atoms. The molecule has 0 heterocycles. The van der Waals surface area contributed by atoms with Crippen molar-refractivity contribution in [1.82, 2.24) is 0 Å². The molecular weight excluding hydrogens is 226 g/mol. The highest BCUT2D eigenvalue weighted by Crippen LogP contribution is 2.18. The van der Waals surface area contributed by atoms with Crippen LogP contribution in [-0.4, -0.2) is 11.7 Å². The maximum absolute atomic E-state index is 11.5. The van der Waals surface area contributed by atoms with Gasteiger partial charge >= 0.3 is 6.09 Å². The zero-order chi connectivity index (χ0) is 12.2. The fourth-order valence-corrected chi connectivity index (χ4v) is 1.41. The Morgan fingerprint density at radius 3 is 2.56 bits per heavy atom. The van der Waals surface area contributed by atoms with E-state index in [2.05, 4.69) is 5.32 Å². The third-order valence-electron chi connectivity index (χ3n) is 1.80. The molecule has 16 heavy (non-hydrogen) atoms. The lowest BCUT2D eigenvalue weighted by molar-refractivity contribution is 0.0636. The molecular formula is C12H16ClNO2. The average Bonchev–Trinajstić information content (AvgIpc) is 2.15. The second-order valence-corrected chi connectivity index (χ2v) is 4.68.